The van der Waals surface area contributed by atoms with Crippen LogP contribution in [0.2, 0.25) is 0 Å². The van der Waals surface area contributed by atoms with Crippen molar-refractivity contribution in [3.8, 4) is 0 Å². The molecule has 0 saturated heterocycles. The lowest BCUT2D eigenvalue weighted by molar-refractivity contribution is 0.657. The fourth-order valence-corrected chi connectivity index (χ4v) is 2.09. The second-order valence-electron chi connectivity index (χ2n) is 3.18. The highest BCUT2D eigenvalue weighted by Gasteiger charge is 2.29. The summed E-state index contributed by atoms with van der Waals surface area (Å²) in [6.45, 7) is 2.28. The fourth-order valence-electron chi connectivity index (χ4n) is 2.09. The molecule has 8 heavy (non-hydrogen) atoms. The first-order valence-electron chi connectivity index (χ1n) is 3.54. The molecule has 1 saturated carbocycles. The molecule has 2 aliphatic carbocycles. The quantitative estimate of drug-likeness (QED) is 0.418. The van der Waals surface area contributed by atoms with Gasteiger partial charge in [0.2, 0.25) is 0 Å². The maximum atomic E-state index is 2.47. The van der Waals surface area contributed by atoms with Gasteiger partial charge in [-0.3, -0.25) is 0 Å². The van der Waals surface area contributed by atoms with Gasteiger partial charge in [-0.25, -0.2) is 0 Å². The van der Waals surface area contributed by atoms with E-state index in [2.05, 4.69) is 13.0 Å². The fraction of sp³-hybridized carbons (Fsp3) is 0.750. The van der Waals surface area contributed by atoms with E-state index in [1.54, 1.807) is 5.57 Å². The molecule has 0 unspecified atom stereocenters. The summed E-state index contributed by atoms with van der Waals surface area (Å²) in [6, 6.07) is 0. The van der Waals surface area contributed by atoms with Gasteiger partial charge in [-0.2, -0.15) is 0 Å². The third-order valence-electron chi connectivity index (χ3n) is 2.62. The van der Waals surface area contributed by atoms with Crippen LogP contribution in [0.5, 0.6) is 0 Å². The van der Waals surface area contributed by atoms with E-state index >= 15 is 0 Å². The average Bonchev–Trinajstić information content (AvgIpc) is 2.23. The summed E-state index contributed by atoms with van der Waals surface area (Å²) in [6.07, 6.45) is 6.90. The molecule has 2 atom stereocenters. The Hall–Kier alpha value is -0.260. The second-order valence-corrected chi connectivity index (χ2v) is 3.18. The first kappa shape index (κ1) is 4.60. The van der Waals surface area contributed by atoms with Crippen molar-refractivity contribution in [3.63, 3.8) is 0 Å². The highest BCUT2D eigenvalue weighted by molar-refractivity contribution is 5.16. The molecule has 2 bridgehead atoms. The smallest absolute Gasteiger partial charge is 0.0200 e. The van der Waals surface area contributed by atoms with Crippen molar-refractivity contribution >= 4 is 0 Å². The van der Waals surface area contributed by atoms with Crippen molar-refractivity contribution in [2.75, 3.05) is 0 Å². The van der Waals surface area contributed by atoms with Crippen LogP contribution in [0.1, 0.15) is 26.2 Å². The van der Waals surface area contributed by atoms with Crippen LogP contribution in [0.3, 0.4) is 0 Å². The monoisotopic (exact) mass is 108 g/mol. The topological polar surface area (TPSA) is 0 Å². The van der Waals surface area contributed by atoms with Gasteiger partial charge in [0.05, 0.1) is 0 Å². The summed E-state index contributed by atoms with van der Waals surface area (Å²) in [5.74, 6) is 1.99. The highest BCUT2D eigenvalue weighted by atomic mass is 14.3. The lowest BCUT2D eigenvalue weighted by Crippen LogP contribution is -1.91. The minimum atomic E-state index is 0.986. The van der Waals surface area contributed by atoms with Gasteiger partial charge in [0, 0.05) is 0 Å². The second kappa shape index (κ2) is 1.37. The molecule has 0 heteroatoms. The van der Waals surface area contributed by atoms with Crippen molar-refractivity contribution in [2.24, 2.45) is 11.8 Å². The molecule has 0 N–H and O–H groups in total. The standard InChI is InChI=1S/C8H12/c1-6-4-7-2-3-8(6)5-7/h4,7-8H,2-3,5H2,1H3/t7-,8+/m0/s1. The number of allylic oxidation sites excluding steroid dienone is 2. The molecule has 44 valence electrons. The molecule has 0 aromatic heterocycles. The minimum Gasteiger partial charge on any atom is -0.0822 e. The molecule has 0 radical (unpaired) electrons. The van der Waals surface area contributed by atoms with Crippen LogP contribution in [0, 0.1) is 11.8 Å². The SMILES string of the molecule is CC1=C[C@@H]2CC[C@@H]1C2. The highest BCUT2D eigenvalue weighted by Crippen LogP contribution is 2.42. The van der Waals surface area contributed by atoms with Crippen molar-refractivity contribution in [1.82, 2.24) is 0 Å². The molecule has 2 rings (SSSR count). The van der Waals surface area contributed by atoms with Crippen LogP contribution in [-0.4, -0.2) is 0 Å². The molecule has 0 aliphatic heterocycles. The van der Waals surface area contributed by atoms with E-state index in [9.17, 15) is 0 Å². The normalized spacial score (nSPS) is 42.9. The number of hydrogen-bond donors (Lipinski definition) is 0. The lowest BCUT2D eigenvalue weighted by atomic mass is 10.0. The third-order valence-corrected chi connectivity index (χ3v) is 2.62. The Morgan fingerprint density at radius 3 is 2.62 bits per heavy atom. The van der Waals surface area contributed by atoms with Gasteiger partial charge in [-0.1, -0.05) is 11.6 Å². The van der Waals surface area contributed by atoms with E-state index in [1.165, 1.54) is 19.3 Å². The zero-order valence-electron chi connectivity index (χ0n) is 5.35. The van der Waals surface area contributed by atoms with E-state index in [1.807, 2.05) is 0 Å². The van der Waals surface area contributed by atoms with E-state index in [-0.39, 0.29) is 0 Å². The van der Waals surface area contributed by atoms with E-state index < -0.39 is 0 Å². The Bertz CT molecular complexity index is 133. The average molecular weight is 108 g/mol. The Labute approximate surface area is 50.6 Å². The summed E-state index contributed by atoms with van der Waals surface area (Å²) in [7, 11) is 0. The van der Waals surface area contributed by atoms with E-state index in [0.29, 0.717) is 0 Å². The summed E-state index contributed by atoms with van der Waals surface area (Å²) in [4.78, 5) is 0. The van der Waals surface area contributed by atoms with Crippen LogP contribution in [0.4, 0.5) is 0 Å². The maximum Gasteiger partial charge on any atom is -0.0200 e. The van der Waals surface area contributed by atoms with Crippen LogP contribution in [0.25, 0.3) is 0 Å². The zero-order valence-corrected chi connectivity index (χ0v) is 5.35. The van der Waals surface area contributed by atoms with Crippen molar-refractivity contribution < 1.29 is 0 Å². The Morgan fingerprint density at radius 1 is 1.50 bits per heavy atom. The molecule has 0 heterocycles. The summed E-state index contributed by atoms with van der Waals surface area (Å²) < 4.78 is 0. The Morgan fingerprint density at radius 2 is 2.38 bits per heavy atom. The molecule has 0 spiro atoms. The van der Waals surface area contributed by atoms with Gasteiger partial charge < -0.3 is 0 Å². The molecule has 0 amide bonds. The molecule has 2 aliphatic rings. The predicted octanol–water partition coefficient (Wildman–Crippen LogP) is 2.36. The molecule has 0 aromatic carbocycles. The van der Waals surface area contributed by atoms with Crippen molar-refractivity contribution in [3.05, 3.63) is 11.6 Å². The molecule has 0 nitrogen and oxygen atoms in total. The number of fused-ring (bicyclic) bond motifs is 2. The van der Waals surface area contributed by atoms with Crippen LogP contribution in [0.15, 0.2) is 11.6 Å². The van der Waals surface area contributed by atoms with Crippen LogP contribution < -0.4 is 0 Å². The summed E-state index contributed by atoms with van der Waals surface area (Å²) >= 11 is 0. The molecule has 1 fully saturated rings. The molecular formula is C8H12. The number of hydrogen-bond acceptors (Lipinski definition) is 0. The zero-order chi connectivity index (χ0) is 5.56. The van der Waals surface area contributed by atoms with E-state index in [0.717, 1.165) is 11.8 Å². The van der Waals surface area contributed by atoms with Gasteiger partial charge in [-0.05, 0) is 38.0 Å². The van der Waals surface area contributed by atoms with Gasteiger partial charge in [-0.15, -0.1) is 0 Å². The predicted molar refractivity (Wildman–Crippen MR) is 34.6 cm³/mol. The maximum absolute atomic E-state index is 2.47. The van der Waals surface area contributed by atoms with Gasteiger partial charge >= 0.3 is 0 Å². The third kappa shape index (κ3) is 0.460. The Kier molecular flexibility index (Phi) is 0.787. The van der Waals surface area contributed by atoms with E-state index in [4.69, 9.17) is 0 Å². The summed E-state index contributed by atoms with van der Waals surface area (Å²) in [5, 5.41) is 0. The lowest BCUT2D eigenvalue weighted by Gasteiger charge is -2.05. The molecular weight excluding hydrogens is 96.1 g/mol. The summed E-state index contributed by atoms with van der Waals surface area (Å²) in [5.41, 5.74) is 1.67. The largest absolute Gasteiger partial charge is 0.0822 e. The number of rotatable bonds is 0. The molecule has 0 aromatic rings. The van der Waals surface area contributed by atoms with Gasteiger partial charge in [0.25, 0.3) is 0 Å². The van der Waals surface area contributed by atoms with Crippen molar-refractivity contribution in [1.29, 1.82) is 0 Å². The van der Waals surface area contributed by atoms with Gasteiger partial charge in [0.15, 0.2) is 0 Å². The first-order valence-corrected chi connectivity index (χ1v) is 3.54. The van der Waals surface area contributed by atoms with Crippen LogP contribution >= 0.6 is 0 Å². The first-order chi connectivity index (χ1) is 3.86. The van der Waals surface area contributed by atoms with Crippen molar-refractivity contribution in [2.45, 2.75) is 26.2 Å². The van der Waals surface area contributed by atoms with Crippen LogP contribution in [-0.2, 0) is 0 Å². The van der Waals surface area contributed by atoms with Gasteiger partial charge in [0.1, 0.15) is 0 Å². The minimum absolute atomic E-state index is 0.986. The Balaban J connectivity index is 2.29.